The summed E-state index contributed by atoms with van der Waals surface area (Å²) < 4.78 is 2.53. The molecule has 4 rings (SSSR count). The van der Waals surface area contributed by atoms with Gasteiger partial charge in [0, 0.05) is 24.9 Å². The predicted molar refractivity (Wildman–Crippen MR) is 107 cm³/mol. The van der Waals surface area contributed by atoms with Crippen LogP contribution in [0, 0.1) is 6.92 Å². The molecule has 3 heterocycles. The lowest BCUT2D eigenvalue weighted by Crippen LogP contribution is -2.33. The Labute approximate surface area is 159 Å². The number of carbonyl (C=O) groups excluding carboxylic acids is 1. The number of rotatable bonds is 4. The number of fused-ring (bicyclic) bond motifs is 2. The molecule has 1 amide bonds. The Kier molecular flexibility index (Phi) is 4.45. The molecule has 0 saturated carbocycles. The van der Waals surface area contributed by atoms with Gasteiger partial charge in [0.15, 0.2) is 0 Å². The van der Waals surface area contributed by atoms with E-state index in [2.05, 4.69) is 15.3 Å². The van der Waals surface area contributed by atoms with Crippen molar-refractivity contribution in [1.29, 1.82) is 0 Å². The fourth-order valence-corrected chi connectivity index (χ4v) is 3.89. The van der Waals surface area contributed by atoms with Crippen LogP contribution in [0.1, 0.15) is 33.8 Å². The number of benzene rings is 1. The lowest BCUT2D eigenvalue weighted by atomic mass is 10.2. The first kappa shape index (κ1) is 17.4. The molecule has 1 N–H and O–H groups in total. The van der Waals surface area contributed by atoms with Crippen LogP contribution in [0.4, 0.5) is 0 Å². The van der Waals surface area contributed by atoms with Crippen LogP contribution in [0.2, 0.25) is 0 Å². The summed E-state index contributed by atoms with van der Waals surface area (Å²) in [6.45, 7) is 4.29. The Hall–Kier alpha value is -3.06. The molecule has 0 radical (unpaired) electrons. The molecule has 0 saturated heterocycles. The minimum atomic E-state index is -0.420. The summed E-state index contributed by atoms with van der Waals surface area (Å²) in [5.74, 6) is -0.374. The molecule has 0 aliphatic heterocycles. The topological polar surface area (TPSA) is 76.4 Å². The standard InChI is InChI=1S/C20H18N4O2S/c1-12-7-8-17-21-10-14(20(26)24(17)11-12)18(25)22-9-13(2)19-23-15-5-3-4-6-16(15)27-19/h3-8,10-11,13H,9H2,1-2H3,(H,22,25). The van der Waals surface area contributed by atoms with Crippen molar-refractivity contribution in [2.75, 3.05) is 6.54 Å². The van der Waals surface area contributed by atoms with E-state index in [1.807, 2.05) is 44.2 Å². The highest BCUT2D eigenvalue weighted by molar-refractivity contribution is 7.18. The number of para-hydroxylation sites is 1. The van der Waals surface area contributed by atoms with E-state index in [1.54, 1.807) is 23.6 Å². The molecule has 4 aromatic rings. The van der Waals surface area contributed by atoms with E-state index in [-0.39, 0.29) is 17.0 Å². The second-order valence-corrected chi connectivity index (χ2v) is 7.60. The third-order valence-corrected chi connectivity index (χ3v) is 5.66. The largest absolute Gasteiger partial charge is 0.351 e. The van der Waals surface area contributed by atoms with E-state index in [1.165, 1.54) is 10.6 Å². The molecule has 0 bridgehead atoms. The molecule has 27 heavy (non-hydrogen) atoms. The number of pyridine rings is 1. The summed E-state index contributed by atoms with van der Waals surface area (Å²) >= 11 is 1.62. The minimum Gasteiger partial charge on any atom is -0.351 e. The normalized spacial score (nSPS) is 12.4. The third kappa shape index (κ3) is 3.33. The smallest absolute Gasteiger partial charge is 0.270 e. The van der Waals surface area contributed by atoms with Crippen LogP contribution in [0.15, 0.2) is 53.6 Å². The highest BCUT2D eigenvalue weighted by Crippen LogP contribution is 2.26. The lowest BCUT2D eigenvalue weighted by Gasteiger charge is -2.10. The SMILES string of the molecule is Cc1ccc2ncc(C(=O)NCC(C)c3nc4ccccc4s3)c(=O)n2c1. The number of hydrogen-bond donors (Lipinski definition) is 1. The first-order valence-corrected chi connectivity index (χ1v) is 9.46. The molecule has 1 unspecified atom stereocenters. The van der Waals surface area contributed by atoms with Crippen molar-refractivity contribution in [3.05, 3.63) is 75.3 Å². The van der Waals surface area contributed by atoms with Crippen LogP contribution in [0.25, 0.3) is 15.9 Å². The Morgan fingerprint density at radius 1 is 1.26 bits per heavy atom. The summed E-state index contributed by atoms with van der Waals surface area (Å²) in [6.07, 6.45) is 3.02. The average Bonchev–Trinajstić information content (AvgIpc) is 3.11. The maximum atomic E-state index is 12.6. The quantitative estimate of drug-likeness (QED) is 0.592. The van der Waals surface area contributed by atoms with Gasteiger partial charge in [-0.2, -0.15) is 0 Å². The van der Waals surface area contributed by atoms with Crippen molar-refractivity contribution < 1.29 is 4.79 Å². The molecule has 0 aliphatic carbocycles. The van der Waals surface area contributed by atoms with Gasteiger partial charge in [-0.25, -0.2) is 9.97 Å². The van der Waals surface area contributed by atoms with E-state index in [0.717, 1.165) is 20.8 Å². The number of nitrogens with one attached hydrogen (secondary N) is 1. The van der Waals surface area contributed by atoms with Crippen molar-refractivity contribution in [3.63, 3.8) is 0 Å². The molecule has 7 heteroatoms. The van der Waals surface area contributed by atoms with E-state index in [0.29, 0.717) is 12.2 Å². The number of amides is 1. The van der Waals surface area contributed by atoms with Gasteiger partial charge in [-0.05, 0) is 30.7 Å². The molecule has 0 spiro atoms. The highest BCUT2D eigenvalue weighted by Gasteiger charge is 2.16. The summed E-state index contributed by atoms with van der Waals surface area (Å²) in [6, 6.07) is 11.6. The summed E-state index contributed by atoms with van der Waals surface area (Å²) in [4.78, 5) is 34.0. The Balaban J connectivity index is 1.53. The first-order chi connectivity index (χ1) is 13.0. The van der Waals surface area contributed by atoms with E-state index < -0.39 is 5.91 Å². The molecular weight excluding hydrogens is 360 g/mol. The Morgan fingerprint density at radius 3 is 2.89 bits per heavy atom. The van der Waals surface area contributed by atoms with Gasteiger partial charge in [-0.1, -0.05) is 25.1 Å². The Morgan fingerprint density at radius 2 is 2.07 bits per heavy atom. The summed E-state index contributed by atoms with van der Waals surface area (Å²) in [5, 5.41) is 3.79. The fourth-order valence-electron chi connectivity index (χ4n) is 2.87. The van der Waals surface area contributed by atoms with Gasteiger partial charge in [0.25, 0.3) is 11.5 Å². The lowest BCUT2D eigenvalue weighted by molar-refractivity contribution is 0.0949. The second-order valence-electron chi connectivity index (χ2n) is 6.54. The molecule has 0 fully saturated rings. The van der Waals surface area contributed by atoms with E-state index in [9.17, 15) is 9.59 Å². The molecular formula is C20H18N4O2S. The zero-order valence-electron chi connectivity index (χ0n) is 15.0. The zero-order chi connectivity index (χ0) is 19.0. The molecule has 1 aromatic carbocycles. The first-order valence-electron chi connectivity index (χ1n) is 8.64. The van der Waals surface area contributed by atoms with Crippen LogP contribution < -0.4 is 10.9 Å². The van der Waals surface area contributed by atoms with Gasteiger partial charge in [-0.3, -0.25) is 14.0 Å². The van der Waals surface area contributed by atoms with Crippen LogP contribution >= 0.6 is 11.3 Å². The predicted octanol–water partition coefficient (Wildman–Crippen LogP) is 3.15. The summed E-state index contributed by atoms with van der Waals surface area (Å²) in [5.41, 5.74) is 2.07. The third-order valence-electron chi connectivity index (χ3n) is 4.40. The van der Waals surface area contributed by atoms with Crippen molar-refractivity contribution in [3.8, 4) is 0 Å². The number of thiazole rings is 1. The van der Waals surface area contributed by atoms with Gasteiger partial charge >= 0.3 is 0 Å². The zero-order valence-corrected chi connectivity index (χ0v) is 15.8. The monoisotopic (exact) mass is 378 g/mol. The molecule has 1 atom stereocenters. The minimum absolute atomic E-state index is 0.0367. The Bertz CT molecular complexity index is 1180. The number of aryl methyl sites for hydroxylation is 1. The maximum absolute atomic E-state index is 12.6. The molecule has 0 aliphatic rings. The van der Waals surface area contributed by atoms with Crippen LogP contribution in [0.5, 0.6) is 0 Å². The van der Waals surface area contributed by atoms with Gasteiger partial charge in [0.2, 0.25) is 0 Å². The van der Waals surface area contributed by atoms with Gasteiger partial charge in [0.05, 0.1) is 15.2 Å². The van der Waals surface area contributed by atoms with E-state index >= 15 is 0 Å². The van der Waals surface area contributed by atoms with Crippen LogP contribution in [-0.2, 0) is 0 Å². The fraction of sp³-hybridized carbons (Fsp3) is 0.200. The maximum Gasteiger partial charge on any atom is 0.270 e. The molecule has 6 nitrogen and oxygen atoms in total. The average molecular weight is 378 g/mol. The van der Waals surface area contributed by atoms with Gasteiger partial charge in [-0.15, -0.1) is 11.3 Å². The number of carbonyl (C=O) groups is 1. The number of nitrogens with zero attached hydrogens (tertiary/aromatic N) is 3. The van der Waals surface area contributed by atoms with Crippen molar-refractivity contribution in [1.82, 2.24) is 19.7 Å². The highest BCUT2D eigenvalue weighted by atomic mass is 32.1. The van der Waals surface area contributed by atoms with Crippen molar-refractivity contribution in [2.45, 2.75) is 19.8 Å². The van der Waals surface area contributed by atoms with Crippen LogP contribution in [-0.4, -0.2) is 26.8 Å². The van der Waals surface area contributed by atoms with Gasteiger partial charge in [0.1, 0.15) is 11.2 Å². The summed E-state index contributed by atoms with van der Waals surface area (Å²) in [7, 11) is 0. The van der Waals surface area contributed by atoms with Gasteiger partial charge < -0.3 is 5.32 Å². The molecule has 136 valence electrons. The molecule has 3 aromatic heterocycles. The van der Waals surface area contributed by atoms with Crippen molar-refractivity contribution >= 4 is 33.1 Å². The van der Waals surface area contributed by atoms with E-state index in [4.69, 9.17) is 0 Å². The number of aromatic nitrogens is 3. The van der Waals surface area contributed by atoms with Crippen LogP contribution in [0.3, 0.4) is 0 Å². The second kappa shape index (κ2) is 6.92. The number of hydrogen-bond acceptors (Lipinski definition) is 5. The van der Waals surface area contributed by atoms with Crippen molar-refractivity contribution in [2.24, 2.45) is 0 Å².